The van der Waals surface area contributed by atoms with Gasteiger partial charge in [0.1, 0.15) is 0 Å². The third-order valence-corrected chi connectivity index (χ3v) is 4.78. The fourth-order valence-corrected chi connectivity index (χ4v) is 3.50. The van der Waals surface area contributed by atoms with E-state index in [4.69, 9.17) is 4.74 Å². The van der Waals surface area contributed by atoms with Crippen LogP contribution in [-0.4, -0.2) is 42.2 Å². The Kier molecular flexibility index (Phi) is 3.63. The van der Waals surface area contributed by atoms with E-state index in [0.717, 1.165) is 19.0 Å². The maximum atomic E-state index is 5.15. The van der Waals surface area contributed by atoms with E-state index in [0.29, 0.717) is 17.4 Å². The van der Waals surface area contributed by atoms with Crippen LogP contribution in [0.25, 0.3) is 0 Å². The summed E-state index contributed by atoms with van der Waals surface area (Å²) < 4.78 is 5.15. The minimum Gasteiger partial charge on any atom is -0.467 e. The normalized spacial score (nSPS) is 21.2. The van der Waals surface area contributed by atoms with E-state index in [9.17, 15) is 0 Å². The average molecular weight is 277 g/mol. The van der Waals surface area contributed by atoms with Crippen LogP contribution in [-0.2, 0) is 0 Å². The second-order valence-corrected chi connectivity index (χ2v) is 5.89. The molecule has 0 aromatic carbocycles. The van der Waals surface area contributed by atoms with Gasteiger partial charge in [-0.25, -0.2) is 0 Å². The van der Waals surface area contributed by atoms with Gasteiger partial charge in [0.15, 0.2) is 0 Å². The van der Waals surface area contributed by atoms with E-state index in [1.807, 2.05) is 7.05 Å². The van der Waals surface area contributed by atoms with Crippen molar-refractivity contribution >= 4 is 11.9 Å². The molecule has 1 aliphatic carbocycles. The average Bonchev–Trinajstić information content (AvgIpc) is 2.95. The molecule has 1 spiro atoms. The van der Waals surface area contributed by atoms with Crippen LogP contribution in [0.4, 0.5) is 11.9 Å². The van der Waals surface area contributed by atoms with Crippen LogP contribution in [0.2, 0.25) is 0 Å². The van der Waals surface area contributed by atoms with E-state index in [1.54, 1.807) is 7.11 Å². The van der Waals surface area contributed by atoms with Gasteiger partial charge in [-0.3, -0.25) is 0 Å². The summed E-state index contributed by atoms with van der Waals surface area (Å²) in [5.74, 6) is 1.29. The summed E-state index contributed by atoms with van der Waals surface area (Å²) in [5, 5.41) is 2.96. The molecule has 3 rings (SSSR count). The number of nitrogens with one attached hydrogen (secondary N) is 1. The molecule has 6 nitrogen and oxygen atoms in total. The zero-order valence-electron chi connectivity index (χ0n) is 12.4. The van der Waals surface area contributed by atoms with Crippen LogP contribution in [0.1, 0.15) is 38.5 Å². The third kappa shape index (κ3) is 2.51. The third-order valence-electron chi connectivity index (χ3n) is 4.78. The van der Waals surface area contributed by atoms with Crippen molar-refractivity contribution in [2.75, 3.05) is 37.5 Å². The highest BCUT2D eigenvalue weighted by Crippen LogP contribution is 2.46. The first-order chi connectivity index (χ1) is 9.74. The van der Waals surface area contributed by atoms with E-state index >= 15 is 0 Å². The van der Waals surface area contributed by atoms with Crippen LogP contribution in [0.5, 0.6) is 6.01 Å². The standard InChI is InChI=1S/C14H23N5O/c1-15-11-16-12(18-13(17-11)20-2)19-9-7-14(8-10-19)5-3-4-6-14/h3-10H2,1-2H3,(H,15,16,17,18). The Morgan fingerprint density at radius 1 is 1.05 bits per heavy atom. The first kappa shape index (κ1) is 13.4. The zero-order chi connectivity index (χ0) is 14.0. The Morgan fingerprint density at radius 2 is 1.75 bits per heavy atom. The topological polar surface area (TPSA) is 63.2 Å². The number of methoxy groups -OCH3 is 1. The Hall–Kier alpha value is -1.59. The minimum atomic E-state index is 0.375. The first-order valence-electron chi connectivity index (χ1n) is 7.47. The van der Waals surface area contributed by atoms with Crippen LogP contribution >= 0.6 is 0 Å². The number of piperidine rings is 1. The molecular formula is C14H23N5O. The second-order valence-electron chi connectivity index (χ2n) is 5.89. The zero-order valence-corrected chi connectivity index (χ0v) is 12.4. The Morgan fingerprint density at radius 3 is 2.35 bits per heavy atom. The molecule has 20 heavy (non-hydrogen) atoms. The highest BCUT2D eigenvalue weighted by Gasteiger charge is 2.37. The summed E-state index contributed by atoms with van der Waals surface area (Å²) in [6.45, 7) is 2.08. The van der Waals surface area contributed by atoms with Gasteiger partial charge in [-0.2, -0.15) is 15.0 Å². The summed E-state index contributed by atoms with van der Waals surface area (Å²) in [4.78, 5) is 15.2. The van der Waals surface area contributed by atoms with Crippen molar-refractivity contribution in [1.82, 2.24) is 15.0 Å². The summed E-state index contributed by atoms with van der Waals surface area (Å²) in [6.07, 6.45) is 8.14. The number of nitrogens with zero attached hydrogens (tertiary/aromatic N) is 4. The number of ether oxygens (including phenoxy) is 1. The second kappa shape index (κ2) is 5.42. The predicted octanol–water partition coefficient (Wildman–Crippen LogP) is 2.08. The molecule has 6 heteroatoms. The maximum Gasteiger partial charge on any atom is 0.322 e. The molecule has 0 bridgehead atoms. The molecule has 2 heterocycles. The SMILES string of the molecule is CNc1nc(OC)nc(N2CCC3(CCCC3)CC2)n1. The van der Waals surface area contributed by atoms with E-state index in [2.05, 4.69) is 25.2 Å². The Labute approximate surface area is 120 Å². The largest absolute Gasteiger partial charge is 0.467 e. The maximum absolute atomic E-state index is 5.15. The highest BCUT2D eigenvalue weighted by molar-refractivity contribution is 5.38. The highest BCUT2D eigenvalue weighted by atomic mass is 16.5. The minimum absolute atomic E-state index is 0.375. The van der Waals surface area contributed by atoms with Gasteiger partial charge in [0, 0.05) is 20.1 Å². The van der Waals surface area contributed by atoms with Gasteiger partial charge in [-0.15, -0.1) is 0 Å². The van der Waals surface area contributed by atoms with Crippen LogP contribution in [0.15, 0.2) is 0 Å². The molecule has 1 aromatic heterocycles. The summed E-state index contributed by atoms with van der Waals surface area (Å²) in [6, 6.07) is 0.375. The van der Waals surface area contributed by atoms with Crippen molar-refractivity contribution in [3.63, 3.8) is 0 Å². The van der Waals surface area contributed by atoms with E-state index < -0.39 is 0 Å². The lowest BCUT2D eigenvalue weighted by atomic mass is 9.77. The molecule has 1 aromatic rings. The van der Waals surface area contributed by atoms with Crippen molar-refractivity contribution in [3.05, 3.63) is 0 Å². The van der Waals surface area contributed by atoms with Crippen LogP contribution in [0, 0.1) is 5.41 Å². The number of rotatable bonds is 3. The lowest BCUT2D eigenvalue weighted by Crippen LogP contribution is -2.39. The number of anilines is 2. The lowest BCUT2D eigenvalue weighted by Gasteiger charge is -2.39. The Bertz CT molecular complexity index is 440. The van der Waals surface area contributed by atoms with Gasteiger partial charge in [-0.1, -0.05) is 12.8 Å². The molecule has 0 atom stereocenters. The predicted molar refractivity (Wildman–Crippen MR) is 78.3 cm³/mol. The van der Waals surface area contributed by atoms with Crippen molar-refractivity contribution < 1.29 is 4.74 Å². The summed E-state index contributed by atoms with van der Waals surface area (Å²) in [7, 11) is 3.39. The van der Waals surface area contributed by atoms with Crippen molar-refractivity contribution in [2.45, 2.75) is 38.5 Å². The van der Waals surface area contributed by atoms with Gasteiger partial charge in [0.25, 0.3) is 0 Å². The fraction of sp³-hybridized carbons (Fsp3) is 0.786. The first-order valence-corrected chi connectivity index (χ1v) is 7.47. The molecule has 2 aliphatic rings. The molecule has 110 valence electrons. The number of aromatic nitrogens is 3. The number of hydrogen-bond acceptors (Lipinski definition) is 6. The fourth-order valence-electron chi connectivity index (χ4n) is 3.50. The summed E-state index contributed by atoms with van der Waals surface area (Å²) in [5.41, 5.74) is 0.611. The summed E-state index contributed by atoms with van der Waals surface area (Å²) >= 11 is 0. The molecule has 0 radical (unpaired) electrons. The molecule has 2 fully saturated rings. The van der Waals surface area contributed by atoms with Crippen molar-refractivity contribution in [2.24, 2.45) is 5.41 Å². The molecule has 1 saturated heterocycles. The molecule has 0 amide bonds. The van der Waals surface area contributed by atoms with Gasteiger partial charge < -0.3 is 15.0 Å². The molecule has 1 aliphatic heterocycles. The van der Waals surface area contributed by atoms with Gasteiger partial charge >= 0.3 is 6.01 Å². The monoisotopic (exact) mass is 277 g/mol. The van der Waals surface area contributed by atoms with Crippen molar-refractivity contribution in [3.8, 4) is 6.01 Å². The van der Waals surface area contributed by atoms with Gasteiger partial charge in [-0.05, 0) is 31.1 Å². The van der Waals surface area contributed by atoms with E-state index in [1.165, 1.54) is 38.5 Å². The van der Waals surface area contributed by atoms with E-state index in [-0.39, 0.29) is 0 Å². The molecular weight excluding hydrogens is 254 g/mol. The molecule has 0 unspecified atom stereocenters. The van der Waals surface area contributed by atoms with Gasteiger partial charge in [0.2, 0.25) is 11.9 Å². The van der Waals surface area contributed by atoms with Crippen LogP contribution in [0.3, 0.4) is 0 Å². The molecule has 1 N–H and O–H groups in total. The quantitative estimate of drug-likeness (QED) is 0.912. The van der Waals surface area contributed by atoms with Gasteiger partial charge in [0.05, 0.1) is 7.11 Å². The smallest absolute Gasteiger partial charge is 0.322 e. The van der Waals surface area contributed by atoms with Crippen LogP contribution < -0.4 is 15.0 Å². The van der Waals surface area contributed by atoms with Crippen molar-refractivity contribution in [1.29, 1.82) is 0 Å². The Balaban J connectivity index is 1.74. The number of hydrogen-bond donors (Lipinski definition) is 1. The molecule has 1 saturated carbocycles. The lowest BCUT2D eigenvalue weighted by molar-refractivity contribution is 0.225.